The molecular formula is C26H37KO5S. The third-order valence-corrected chi connectivity index (χ3v) is 6.51. The third-order valence-electron chi connectivity index (χ3n) is 5.64. The molecule has 0 heterocycles. The fraction of sp³-hybridized carbons (Fsp3) is 0.538. The van der Waals surface area contributed by atoms with Crippen LogP contribution in [0, 0.1) is 0 Å². The first-order valence-electron chi connectivity index (χ1n) is 12.0. The summed E-state index contributed by atoms with van der Waals surface area (Å²) in [5.41, 5.74) is 1.11. The van der Waals surface area contributed by atoms with Crippen molar-refractivity contribution in [3.8, 4) is 17.2 Å². The summed E-state index contributed by atoms with van der Waals surface area (Å²) in [5.74, 6) is -0.0923. The number of hydrogen-bond acceptors (Lipinski definition) is 4. The molecule has 7 heteroatoms. The Morgan fingerprint density at radius 3 is 1.97 bits per heavy atom. The maximum absolute atomic E-state index is 11.5. The first kappa shape index (κ1) is 30.6. The number of benzene rings is 2. The van der Waals surface area contributed by atoms with Crippen molar-refractivity contribution in [3.63, 3.8) is 0 Å². The van der Waals surface area contributed by atoms with Gasteiger partial charge in [0.25, 0.3) is 10.1 Å². The molecule has 0 aliphatic rings. The SMILES string of the molecule is CCCCCCCCCCCCCCc1cccc(Oc2ccc([O-])cc2S(=O)(=O)O)c1.[K+]. The molecule has 0 aliphatic carbocycles. The van der Waals surface area contributed by atoms with Gasteiger partial charge in [0.15, 0.2) is 0 Å². The van der Waals surface area contributed by atoms with Gasteiger partial charge in [-0.3, -0.25) is 4.55 Å². The Morgan fingerprint density at radius 1 is 0.818 bits per heavy atom. The van der Waals surface area contributed by atoms with Gasteiger partial charge < -0.3 is 9.84 Å². The van der Waals surface area contributed by atoms with Crippen LogP contribution < -0.4 is 61.2 Å². The Kier molecular flexibility index (Phi) is 15.9. The zero-order valence-corrected chi connectivity index (χ0v) is 24.2. The van der Waals surface area contributed by atoms with E-state index in [1.54, 1.807) is 6.07 Å². The molecule has 0 saturated carbocycles. The molecule has 5 nitrogen and oxygen atoms in total. The zero-order chi connectivity index (χ0) is 23.2. The van der Waals surface area contributed by atoms with Crippen molar-refractivity contribution >= 4 is 10.1 Å². The van der Waals surface area contributed by atoms with Crippen LogP contribution in [-0.4, -0.2) is 13.0 Å². The maximum Gasteiger partial charge on any atom is 1.00 e. The van der Waals surface area contributed by atoms with Crippen LogP contribution in [0.3, 0.4) is 0 Å². The Labute approximate surface area is 242 Å². The molecule has 1 N–H and O–H groups in total. The Hall–Kier alpha value is -0.414. The molecule has 2 rings (SSSR count). The molecule has 0 spiro atoms. The van der Waals surface area contributed by atoms with E-state index in [9.17, 15) is 18.1 Å². The number of ether oxygens (including phenoxy) is 1. The summed E-state index contributed by atoms with van der Waals surface area (Å²) in [4.78, 5) is -0.517. The average Bonchev–Trinajstić information content (AvgIpc) is 2.75. The van der Waals surface area contributed by atoms with Gasteiger partial charge in [0.1, 0.15) is 16.4 Å². The van der Waals surface area contributed by atoms with Crippen molar-refractivity contribution in [3.05, 3.63) is 48.0 Å². The van der Waals surface area contributed by atoms with E-state index in [0.29, 0.717) is 5.75 Å². The minimum atomic E-state index is -4.55. The Morgan fingerprint density at radius 2 is 1.39 bits per heavy atom. The molecule has 0 amide bonds. The molecule has 0 aliphatic heterocycles. The van der Waals surface area contributed by atoms with Crippen LogP contribution in [0.5, 0.6) is 17.2 Å². The minimum absolute atomic E-state index is 0. The summed E-state index contributed by atoms with van der Waals surface area (Å²) in [6.45, 7) is 2.25. The number of rotatable bonds is 16. The smallest absolute Gasteiger partial charge is 0.872 e. The van der Waals surface area contributed by atoms with Gasteiger partial charge in [0.05, 0.1) is 0 Å². The molecule has 33 heavy (non-hydrogen) atoms. The van der Waals surface area contributed by atoms with Gasteiger partial charge in [-0.2, -0.15) is 8.42 Å². The van der Waals surface area contributed by atoms with E-state index in [1.165, 1.54) is 82.8 Å². The van der Waals surface area contributed by atoms with Crippen LogP contribution in [0.1, 0.15) is 89.5 Å². The first-order valence-corrected chi connectivity index (χ1v) is 13.4. The number of aryl methyl sites for hydroxylation is 1. The standard InChI is InChI=1S/C26H38O5S.K/c1-2-3-4-5-6-7-8-9-10-11-12-13-15-22-16-14-17-24(20-22)31-25-19-18-23(27)21-26(25)32(28,29)30;/h14,16-21,27H,2-13,15H2,1H3,(H,28,29,30);/q;+1/p-1. The van der Waals surface area contributed by atoms with Crippen LogP contribution in [-0.2, 0) is 16.5 Å². The van der Waals surface area contributed by atoms with Crippen molar-refractivity contribution in [2.24, 2.45) is 0 Å². The van der Waals surface area contributed by atoms with E-state index in [2.05, 4.69) is 6.92 Å². The second kappa shape index (κ2) is 17.1. The summed E-state index contributed by atoms with van der Waals surface area (Å²) < 4.78 is 38.1. The molecule has 0 atom stereocenters. The molecule has 2 aromatic carbocycles. The molecule has 0 aromatic heterocycles. The summed E-state index contributed by atoms with van der Waals surface area (Å²) in [7, 11) is -4.55. The van der Waals surface area contributed by atoms with Gasteiger partial charge in [0.2, 0.25) is 0 Å². The second-order valence-electron chi connectivity index (χ2n) is 8.47. The molecule has 0 radical (unpaired) electrons. The van der Waals surface area contributed by atoms with Gasteiger partial charge >= 0.3 is 51.4 Å². The molecule has 2 aromatic rings. The normalized spacial score (nSPS) is 11.2. The van der Waals surface area contributed by atoms with E-state index in [4.69, 9.17) is 4.74 Å². The van der Waals surface area contributed by atoms with E-state index < -0.39 is 20.8 Å². The second-order valence-corrected chi connectivity index (χ2v) is 9.86. The number of hydrogen-bond donors (Lipinski definition) is 1. The molecular weight excluding hydrogens is 463 g/mol. The third kappa shape index (κ3) is 12.7. The van der Waals surface area contributed by atoms with Crippen molar-refractivity contribution in [2.75, 3.05) is 0 Å². The molecule has 178 valence electrons. The molecule has 0 fully saturated rings. The van der Waals surface area contributed by atoms with Crippen molar-refractivity contribution in [2.45, 2.75) is 95.3 Å². The van der Waals surface area contributed by atoms with Gasteiger partial charge in [-0.1, -0.05) is 95.8 Å². The molecule has 0 unspecified atom stereocenters. The summed E-state index contributed by atoms with van der Waals surface area (Å²) in [6, 6.07) is 10.8. The Bertz CT molecular complexity index is 915. The quantitative estimate of drug-likeness (QED) is 0.213. The summed E-state index contributed by atoms with van der Waals surface area (Å²) >= 11 is 0. The predicted octanol–water partition coefficient (Wildman–Crippen LogP) is 4.05. The van der Waals surface area contributed by atoms with E-state index in [1.807, 2.05) is 18.2 Å². The van der Waals surface area contributed by atoms with Gasteiger partial charge in [0, 0.05) is 0 Å². The van der Waals surface area contributed by atoms with Crippen LogP contribution in [0.2, 0.25) is 0 Å². The number of unbranched alkanes of at least 4 members (excludes halogenated alkanes) is 11. The zero-order valence-electron chi connectivity index (χ0n) is 20.2. The van der Waals surface area contributed by atoms with Crippen molar-refractivity contribution in [1.29, 1.82) is 0 Å². The van der Waals surface area contributed by atoms with Crippen molar-refractivity contribution < 1.29 is 74.2 Å². The summed E-state index contributed by atoms with van der Waals surface area (Å²) in [6.07, 6.45) is 16.7. The fourth-order valence-electron chi connectivity index (χ4n) is 3.84. The molecule has 0 saturated heterocycles. The van der Waals surface area contributed by atoms with Crippen LogP contribution in [0.25, 0.3) is 0 Å². The van der Waals surface area contributed by atoms with E-state index >= 15 is 0 Å². The fourth-order valence-corrected chi connectivity index (χ4v) is 4.46. The van der Waals surface area contributed by atoms with Crippen LogP contribution >= 0.6 is 0 Å². The maximum atomic E-state index is 11.5. The van der Waals surface area contributed by atoms with Gasteiger partial charge in [-0.25, -0.2) is 0 Å². The predicted molar refractivity (Wildman–Crippen MR) is 127 cm³/mol. The van der Waals surface area contributed by atoms with Crippen LogP contribution in [0.4, 0.5) is 0 Å². The minimum Gasteiger partial charge on any atom is -0.872 e. The largest absolute Gasteiger partial charge is 1.00 e. The topological polar surface area (TPSA) is 86.7 Å². The van der Waals surface area contributed by atoms with Crippen molar-refractivity contribution in [1.82, 2.24) is 0 Å². The van der Waals surface area contributed by atoms with E-state index in [-0.39, 0.29) is 57.1 Å². The Balaban J connectivity index is 0.00000544. The van der Waals surface area contributed by atoms with Gasteiger partial charge in [-0.15, -0.1) is 5.75 Å². The van der Waals surface area contributed by atoms with Crippen LogP contribution in [0.15, 0.2) is 47.4 Å². The monoisotopic (exact) mass is 500 g/mol. The average molecular weight is 501 g/mol. The van der Waals surface area contributed by atoms with E-state index in [0.717, 1.165) is 24.5 Å². The summed E-state index contributed by atoms with van der Waals surface area (Å²) in [5, 5.41) is 11.5. The van der Waals surface area contributed by atoms with Gasteiger partial charge in [-0.05, 0) is 42.7 Å². The molecule has 0 bridgehead atoms. The first-order chi connectivity index (χ1) is 15.4.